The highest BCUT2D eigenvalue weighted by molar-refractivity contribution is 6.08. The van der Waals surface area contributed by atoms with Crippen molar-refractivity contribution in [3.05, 3.63) is 29.8 Å². The number of para-hydroxylation sites is 1. The van der Waals surface area contributed by atoms with E-state index in [0.717, 1.165) is 19.6 Å². The number of likely N-dealkylation sites (N-methyl/N-ethyl adjacent to an activating group) is 1. The molecule has 3 rings (SSSR count). The lowest BCUT2D eigenvalue weighted by Crippen LogP contribution is -2.59. The number of nitrogens with one attached hydrogen (secondary N) is 1. The number of carbonyl (C=O) groups is 3. The van der Waals surface area contributed by atoms with Crippen molar-refractivity contribution < 1.29 is 14.4 Å². The summed E-state index contributed by atoms with van der Waals surface area (Å²) in [5.74, 6) is -0.734. The second-order valence-corrected chi connectivity index (χ2v) is 9.89. The fraction of sp³-hybridized carbons (Fsp3) is 0.625. The maximum Gasteiger partial charge on any atom is 0.253 e. The molecule has 7 heteroatoms. The first-order chi connectivity index (χ1) is 14.5. The lowest BCUT2D eigenvalue weighted by atomic mass is 9.86. The van der Waals surface area contributed by atoms with Gasteiger partial charge in [-0.3, -0.25) is 14.4 Å². The van der Waals surface area contributed by atoms with E-state index in [4.69, 9.17) is 0 Å². The molecule has 1 aromatic carbocycles. The van der Waals surface area contributed by atoms with Crippen LogP contribution < -0.4 is 10.2 Å². The zero-order valence-corrected chi connectivity index (χ0v) is 19.7. The molecule has 7 nitrogen and oxygen atoms in total. The van der Waals surface area contributed by atoms with Gasteiger partial charge in [0.1, 0.15) is 0 Å². The van der Waals surface area contributed by atoms with E-state index in [1.807, 2.05) is 45.9 Å². The van der Waals surface area contributed by atoms with E-state index < -0.39 is 16.9 Å². The lowest BCUT2D eigenvalue weighted by molar-refractivity contribution is -0.138. The van der Waals surface area contributed by atoms with Crippen LogP contribution in [0.1, 0.15) is 51.9 Å². The van der Waals surface area contributed by atoms with Gasteiger partial charge in [-0.2, -0.15) is 0 Å². The van der Waals surface area contributed by atoms with E-state index in [1.54, 1.807) is 15.9 Å². The molecule has 0 saturated carbocycles. The predicted molar refractivity (Wildman–Crippen MR) is 122 cm³/mol. The smallest absolute Gasteiger partial charge is 0.253 e. The Morgan fingerprint density at radius 3 is 2.45 bits per heavy atom. The first-order valence-corrected chi connectivity index (χ1v) is 11.3. The zero-order chi connectivity index (χ0) is 23.0. The van der Waals surface area contributed by atoms with Gasteiger partial charge in [-0.05, 0) is 32.1 Å². The maximum atomic E-state index is 13.9. The summed E-state index contributed by atoms with van der Waals surface area (Å²) in [7, 11) is 0. The Hall–Kier alpha value is -2.41. The highest BCUT2D eigenvalue weighted by Crippen LogP contribution is 2.36. The molecular formula is C24H36N4O3. The number of hydrogen-bond donors (Lipinski definition) is 1. The van der Waals surface area contributed by atoms with Crippen LogP contribution in [-0.2, 0) is 9.59 Å². The van der Waals surface area contributed by atoms with Gasteiger partial charge in [0, 0.05) is 31.6 Å². The van der Waals surface area contributed by atoms with Crippen LogP contribution in [0, 0.1) is 11.3 Å². The van der Waals surface area contributed by atoms with Crippen molar-refractivity contribution in [1.29, 1.82) is 0 Å². The minimum atomic E-state index is -0.809. The van der Waals surface area contributed by atoms with Crippen molar-refractivity contribution in [3.8, 4) is 0 Å². The second-order valence-electron chi connectivity index (χ2n) is 9.89. The summed E-state index contributed by atoms with van der Waals surface area (Å²) >= 11 is 0. The second kappa shape index (κ2) is 8.61. The van der Waals surface area contributed by atoms with Crippen LogP contribution in [0.2, 0.25) is 0 Å². The predicted octanol–water partition coefficient (Wildman–Crippen LogP) is 2.37. The van der Waals surface area contributed by atoms with E-state index in [1.165, 1.54) is 0 Å². The Morgan fingerprint density at radius 1 is 1.19 bits per heavy atom. The third-order valence-electron chi connectivity index (χ3n) is 6.56. The molecule has 0 bridgehead atoms. The van der Waals surface area contributed by atoms with E-state index in [9.17, 15) is 14.4 Å². The number of rotatable bonds is 5. The Balaban J connectivity index is 2.00. The summed E-state index contributed by atoms with van der Waals surface area (Å²) in [5.41, 5.74) is -0.222. The Morgan fingerprint density at radius 2 is 1.84 bits per heavy atom. The average molecular weight is 429 g/mol. The van der Waals surface area contributed by atoms with E-state index in [2.05, 4.69) is 24.1 Å². The van der Waals surface area contributed by atoms with Gasteiger partial charge in [-0.1, -0.05) is 46.8 Å². The van der Waals surface area contributed by atoms with Crippen molar-refractivity contribution in [3.63, 3.8) is 0 Å². The molecule has 0 spiro atoms. The molecule has 1 fully saturated rings. The first-order valence-electron chi connectivity index (χ1n) is 11.3. The zero-order valence-electron chi connectivity index (χ0n) is 19.7. The quantitative estimate of drug-likeness (QED) is 0.782. The molecule has 1 saturated heterocycles. The molecule has 1 aromatic rings. The SMILES string of the molecule is CCN(CC)CCN1C(=O)[C@@H]2CN(C(=O)C(C)(C)C)C[C@]2(C)NC(=O)c2ccccc21. The van der Waals surface area contributed by atoms with Gasteiger partial charge in [-0.15, -0.1) is 0 Å². The first kappa shape index (κ1) is 23.3. The average Bonchev–Trinajstić information content (AvgIpc) is 3.05. The molecule has 2 atom stereocenters. The molecule has 0 unspecified atom stereocenters. The highest BCUT2D eigenvalue weighted by Gasteiger charge is 2.53. The summed E-state index contributed by atoms with van der Waals surface area (Å²) in [6.45, 7) is 15.4. The minimum absolute atomic E-state index is 0.00488. The molecule has 3 amide bonds. The fourth-order valence-corrected chi connectivity index (χ4v) is 4.65. The molecule has 31 heavy (non-hydrogen) atoms. The van der Waals surface area contributed by atoms with Crippen LogP contribution in [-0.4, -0.2) is 72.3 Å². The number of anilines is 1. The Kier molecular flexibility index (Phi) is 6.46. The number of hydrogen-bond acceptors (Lipinski definition) is 4. The number of benzene rings is 1. The minimum Gasteiger partial charge on any atom is -0.344 e. The summed E-state index contributed by atoms with van der Waals surface area (Å²) in [6, 6.07) is 7.27. The van der Waals surface area contributed by atoms with Gasteiger partial charge in [0.05, 0.1) is 22.7 Å². The van der Waals surface area contributed by atoms with Crippen LogP contribution >= 0.6 is 0 Å². The van der Waals surface area contributed by atoms with Gasteiger partial charge in [0.25, 0.3) is 5.91 Å². The number of amides is 3. The van der Waals surface area contributed by atoms with Crippen molar-refractivity contribution in [2.75, 3.05) is 44.2 Å². The van der Waals surface area contributed by atoms with Crippen molar-refractivity contribution in [2.45, 2.75) is 47.1 Å². The van der Waals surface area contributed by atoms with Crippen molar-refractivity contribution >= 4 is 23.4 Å². The van der Waals surface area contributed by atoms with E-state index in [0.29, 0.717) is 30.9 Å². The van der Waals surface area contributed by atoms with Gasteiger partial charge in [0.2, 0.25) is 11.8 Å². The van der Waals surface area contributed by atoms with Crippen LogP contribution in [0.4, 0.5) is 5.69 Å². The van der Waals surface area contributed by atoms with Gasteiger partial charge < -0.3 is 20.0 Å². The molecule has 0 radical (unpaired) electrons. The van der Waals surface area contributed by atoms with Gasteiger partial charge in [0.15, 0.2) is 0 Å². The van der Waals surface area contributed by atoms with Crippen molar-refractivity contribution in [2.24, 2.45) is 11.3 Å². The molecule has 170 valence electrons. The lowest BCUT2D eigenvalue weighted by Gasteiger charge is -2.38. The summed E-state index contributed by atoms with van der Waals surface area (Å²) in [4.78, 5) is 45.8. The highest BCUT2D eigenvalue weighted by atomic mass is 16.2. The largest absolute Gasteiger partial charge is 0.344 e. The molecule has 2 aliphatic rings. The van der Waals surface area contributed by atoms with E-state index >= 15 is 0 Å². The standard InChI is InChI=1S/C24H36N4O3/c1-7-26(8-2)13-14-28-19-12-10-9-11-17(19)20(29)25-24(6)16-27(15-18(24)21(28)30)22(31)23(3,4)5/h9-12,18H,7-8,13-16H2,1-6H3,(H,25,29)/t18-,24-/m0/s1. The fourth-order valence-electron chi connectivity index (χ4n) is 4.65. The molecule has 2 heterocycles. The topological polar surface area (TPSA) is 73.0 Å². The Labute approximate surface area is 185 Å². The summed E-state index contributed by atoms with van der Waals surface area (Å²) < 4.78 is 0. The van der Waals surface area contributed by atoms with Gasteiger partial charge in [-0.25, -0.2) is 0 Å². The van der Waals surface area contributed by atoms with Crippen LogP contribution in [0.3, 0.4) is 0 Å². The molecule has 0 aliphatic carbocycles. The Bertz CT molecular complexity index is 859. The van der Waals surface area contributed by atoms with E-state index in [-0.39, 0.29) is 17.7 Å². The molecular weight excluding hydrogens is 392 g/mol. The summed E-state index contributed by atoms with van der Waals surface area (Å²) in [5, 5.41) is 3.10. The van der Waals surface area contributed by atoms with Crippen LogP contribution in [0.15, 0.2) is 24.3 Å². The van der Waals surface area contributed by atoms with Crippen LogP contribution in [0.5, 0.6) is 0 Å². The van der Waals surface area contributed by atoms with Crippen molar-refractivity contribution in [1.82, 2.24) is 15.1 Å². The molecule has 1 N–H and O–H groups in total. The number of carbonyl (C=O) groups excluding carboxylic acids is 3. The number of nitrogens with zero attached hydrogens (tertiary/aromatic N) is 3. The number of fused-ring (bicyclic) bond motifs is 2. The third kappa shape index (κ3) is 4.47. The summed E-state index contributed by atoms with van der Waals surface area (Å²) in [6.07, 6.45) is 0. The van der Waals surface area contributed by atoms with Gasteiger partial charge >= 0.3 is 0 Å². The normalized spacial score (nSPS) is 23.9. The monoisotopic (exact) mass is 428 g/mol. The maximum absolute atomic E-state index is 13.9. The molecule has 2 aliphatic heterocycles. The number of likely N-dealkylation sites (tertiary alicyclic amines) is 1. The third-order valence-corrected chi connectivity index (χ3v) is 6.56. The van der Waals surface area contributed by atoms with Crippen LogP contribution in [0.25, 0.3) is 0 Å². The molecule has 0 aromatic heterocycles.